The molecule has 7 heteroatoms. The van der Waals surface area contributed by atoms with E-state index >= 15 is 0 Å². The number of rotatable bonds is 5. The molecular formula is C23H19ClN4O2. The highest BCUT2D eigenvalue weighted by Gasteiger charge is 2.14. The van der Waals surface area contributed by atoms with E-state index in [0.29, 0.717) is 28.6 Å². The van der Waals surface area contributed by atoms with Crippen molar-refractivity contribution in [2.75, 3.05) is 10.6 Å². The number of nitrogens with one attached hydrogen (secondary N) is 3. The molecule has 0 unspecified atom stereocenters. The number of hydrogen-bond acceptors (Lipinski definition) is 4. The van der Waals surface area contributed by atoms with Gasteiger partial charge < -0.3 is 15.6 Å². The van der Waals surface area contributed by atoms with E-state index in [9.17, 15) is 9.59 Å². The molecule has 4 rings (SSSR count). The third-order valence-corrected chi connectivity index (χ3v) is 4.93. The van der Waals surface area contributed by atoms with Crippen LogP contribution in [0.1, 0.15) is 21.5 Å². The van der Waals surface area contributed by atoms with Crippen LogP contribution in [0.4, 0.5) is 11.5 Å². The Hall–Kier alpha value is -3.64. The van der Waals surface area contributed by atoms with Gasteiger partial charge >= 0.3 is 0 Å². The fourth-order valence-corrected chi connectivity index (χ4v) is 3.37. The standard InChI is InChI=1S/C23H19ClN4O2/c1-14-10-16-12-17(24)6-7-19(16)27-22(14)28-23(30)18-4-2-3-5-20(18)26-13-15-8-9-25-21(29)11-15/h2-12,26H,13H2,1H3,(H,25,29)(H,27,28,30). The second-order valence-electron chi connectivity index (χ2n) is 6.91. The normalized spacial score (nSPS) is 10.7. The molecule has 2 aromatic carbocycles. The topological polar surface area (TPSA) is 86.9 Å². The van der Waals surface area contributed by atoms with Gasteiger partial charge in [0.25, 0.3) is 5.91 Å². The second-order valence-corrected chi connectivity index (χ2v) is 7.34. The highest BCUT2D eigenvalue weighted by atomic mass is 35.5. The van der Waals surface area contributed by atoms with Crippen LogP contribution in [0.3, 0.4) is 0 Å². The van der Waals surface area contributed by atoms with Crippen LogP contribution in [0.2, 0.25) is 5.02 Å². The van der Waals surface area contributed by atoms with Crippen LogP contribution in [-0.4, -0.2) is 15.9 Å². The molecule has 6 nitrogen and oxygen atoms in total. The van der Waals surface area contributed by atoms with E-state index in [1.807, 2.05) is 43.3 Å². The molecule has 0 aliphatic heterocycles. The van der Waals surface area contributed by atoms with Gasteiger partial charge in [-0.05, 0) is 60.5 Å². The van der Waals surface area contributed by atoms with E-state index in [1.165, 1.54) is 6.07 Å². The number of halogens is 1. The highest BCUT2D eigenvalue weighted by Crippen LogP contribution is 2.24. The van der Waals surface area contributed by atoms with Gasteiger partial charge in [-0.15, -0.1) is 0 Å². The Bertz CT molecular complexity index is 1300. The maximum Gasteiger partial charge on any atom is 0.258 e. The fourth-order valence-electron chi connectivity index (χ4n) is 3.19. The molecule has 0 aliphatic rings. The van der Waals surface area contributed by atoms with E-state index in [4.69, 9.17) is 11.6 Å². The molecule has 0 atom stereocenters. The fraction of sp³-hybridized carbons (Fsp3) is 0.0870. The molecule has 0 radical (unpaired) electrons. The van der Waals surface area contributed by atoms with E-state index < -0.39 is 0 Å². The number of pyridine rings is 2. The Kier molecular flexibility index (Phi) is 5.50. The summed E-state index contributed by atoms with van der Waals surface area (Å²) >= 11 is 6.05. The highest BCUT2D eigenvalue weighted by molar-refractivity contribution is 6.31. The summed E-state index contributed by atoms with van der Waals surface area (Å²) in [6.45, 7) is 2.31. The predicted octanol–water partition coefficient (Wildman–Crippen LogP) is 4.75. The molecule has 0 saturated carbocycles. The minimum absolute atomic E-state index is 0.167. The lowest BCUT2D eigenvalue weighted by molar-refractivity contribution is 0.102. The van der Waals surface area contributed by atoms with Gasteiger partial charge in [-0.3, -0.25) is 9.59 Å². The van der Waals surface area contributed by atoms with Crippen molar-refractivity contribution in [3.8, 4) is 0 Å². The first-order valence-corrected chi connectivity index (χ1v) is 9.76. The smallest absolute Gasteiger partial charge is 0.258 e. The van der Waals surface area contributed by atoms with Crippen molar-refractivity contribution in [2.24, 2.45) is 0 Å². The summed E-state index contributed by atoms with van der Waals surface area (Å²) in [5.41, 5.74) is 3.40. The Balaban J connectivity index is 1.57. The van der Waals surface area contributed by atoms with Crippen molar-refractivity contribution >= 4 is 39.9 Å². The first-order valence-electron chi connectivity index (χ1n) is 9.38. The molecule has 0 fully saturated rings. The van der Waals surface area contributed by atoms with Gasteiger partial charge in [0, 0.05) is 34.9 Å². The number of aromatic amines is 1. The number of fused-ring (bicyclic) bond motifs is 1. The monoisotopic (exact) mass is 418 g/mol. The first-order chi connectivity index (χ1) is 14.5. The largest absolute Gasteiger partial charge is 0.380 e. The van der Waals surface area contributed by atoms with Crippen molar-refractivity contribution < 1.29 is 4.79 Å². The Morgan fingerprint density at radius 1 is 1.10 bits per heavy atom. The number of hydrogen-bond donors (Lipinski definition) is 3. The predicted molar refractivity (Wildman–Crippen MR) is 120 cm³/mol. The zero-order valence-electron chi connectivity index (χ0n) is 16.2. The van der Waals surface area contributed by atoms with Crippen LogP contribution < -0.4 is 16.2 Å². The van der Waals surface area contributed by atoms with Crippen molar-refractivity contribution in [1.82, 2.24) is 9.97 Å². The van der Waals surface area contributed by atoms with Gasteiger partial charge in [0.15, 0.2) is 0 Å². The van der Waals surface area contributed by atoms with Gasteiger partial charge in [0.05, 0.1) is 11.1 Å². The van der Waals surface area contributed by atoms with Gasteiger partial charge in [-0.1, -0.05) is 23.7 Å². The number of aryl methyl sites for hydroxylation is 1. The third-order valence-electron chi connectivity index (χ3n) is 4.69. The number of anilines is 2. The Morgan fingerprint density at radius 2 is 1.93 bits per heavy atom. The molecule has 1 amide bonds. The summed E-state index contributed by atoms with van der Waals surface area (Å²) in [4.78, 5) is 31.6. The van der Waals surface area contributed by atoms with Crippen molar-refractivity contribution in [3.63, 3.8) is 0 Å². The number of H-pyrrole nitrogens is 1. The molecule has 0 bridgehead atoms. The lowest BCUT2D eigenvalue weighted by Gasteiger charge is -2.13. The summed E-state index contributed by atoms with van der Waals surface area (Å²) in [5.74, 6) is 0.229. The zero-order chi connectivity index (χ0) is 21.1. The SMILES string of the molecule is Cc1cc2cc(Cl)ccc2nc1NC(=O)c1ccccc1NCc1cc[nH]c(=O)c1. The molecule has 30 heavy (non-hydrogen) atoms. The number of nitrogens with zero attached hydrogens (tertiary/aromatic N) is 1. The van der Waals surface area contributed by atoms with E-state index in [0.717, 1.165) is 22.0 Å². The molecule has 2 aromatic heterocycles. The van der Waals surface area contributed by atoms with Crippen LogP contribution in [-0.2, 0) is 6.54 Å². The summed E-state index contributed by atoms with van der Waals surface area (Å²) in [5, 5.41) is 7.68. The summed E-state index contributed by atoms with van der Waals surface area (Å²) < 4.78 is 0. The van der Waals surface area contributed by atoms with Gasteiger partial charge in [-0.2, -0.15) is 0 Å². The first kappa shape index (κ1) is 19.7. The van der Waals surface area contributed by atoms with Crippen molar-refractivity contribution in [2.45, 2.75) is 13.5 Å². The van der Waals surface area contributed by atoms with E-state index in [1.54, 1.807) is 24.4 Å². The van der Waals surface area contributed by atoms with Crippen LogP contribution in [0.15, 0.2) is 71.7 Å². The number of benzene rings is 2. The average molecular weight is 419 g/mol. The lowest BCUT2D eigenvalue weighted by atomic mass is 10.1. The van der Waals surface area contributed by atoms with Gasteiger partial charge in [0.1, 0.15) is 5.82 Å². The molecule has 4 aromatic rings. The van der Waals surface area contributed by atoms with E-state index in [-0.39, 0.29) is 11.5 Å². The third kappa shape index (κ3) is 4.34. The van der Waals surface area contributed by atoms with Crippen LogP contribution in [0.5, 0.6) is 0 Å². The molecule has 0 saturated heterocycles. The number of aromatic nitrogens is 2. The molecular weight excluding hydrogens is 400 g/mol. The summed E-state index contributed by atoms with van der Waals surface area (Å²) in [7, 11) is 0. The van der Waals surface area contributed by atoms with E-state index in [2.05, 4.69) is 20.6 Å². The van der Waals surface area contributed by atoms with Gasteiger partial charge in [0.2, 0.25) is 5.56 Å². The summed E-state index contributed by atoms with van der Waals surface area (Å²) in [6, 6.07) is 17.9. The molecule has 3 N–H and O–H groups in total. The van der Waals surface area contributed by atoms with Crippen molar-refractivity contribution in [3.05, 3.63) is 98.9 Å². The minimum Gasteiger partial charge on any atom is -0.380 e. The number of amides is 1. The number of carbonyl (C=O) groups excluding carboxylic acids is 1. The number of carbonyl (C=O) groups is 1. The van der Waals surface area contributed by atoms with Crippen molar-refractivity contribution in [1.29, 1.82) is 0 Å². The summed E-state index contributed by atoms with van der Waals surface area (Å²) in [6.07, 6.45) is 1.60. The average Bonchev–Trinajstić information content (AvgIpc) is 2.73. The molecule has 0 aliphatic carbocycles. The number of para-hydroxylation sites is 1. The maximum absolute atomic E-state index is 13.0. The molecule has 150 valence electrons. The Labute approximate surface area is 177 Å². The quantitative estimate of drug-likeness (QED) is 0.436. The van der Waals surface area contributed by atoms with Crippen LogP contribution in [0, 0.1) is 6.92 Å². The minimum atomic E-state index is -0.270. The maximum atomic E-state index is 13.0. The lowest BCUT2D eigenvalue weighted by Crippen LogP contribution is -2.16. The van der Waals surface area contributed by atoms with Crippen LogP contribution >= 0.6 is 11.6 Å². The van der Waals surface area contributed by atoms with Gasteiger partial charge in [-0.25, -0.2) is 4.98 Å². The zero-order valence-corrected chi connectivity index (χ0v) is 17.0. The van der Waals surface area contributed by atoms with Crippen LogP contribution in [0.25, 0.3) is 10.9 Å². The molecule has 2 heterocycles. The Morgan fingerprint density at radius 3 is 2.77 bits per heavy atom. The second kappa shape index (κ2) is 8.39. The molecule has 0 spiro atoms.